The van der Waals surface area contributed by atoms with Crippen molar-refractivity contribution in [3.05, 3.63) is 11.8 Å². The number of carbonyl (C=O) groups excluding carboxylic acids is 3. The van der Waals surface area contributed by atoms with E-state index in [0.717, 1.165) is 25.9 Å². The number of hydrogen-bond donors (Lipinski definition) is 2. The minimum absolute atomic E-state index is 0.0115. The Balaban J connectivity index is 1.79. The van der Waals surface area contributed by atoms with Crippen LogP contribution in [0.3, 0.4) is 0 Å². The molecule has 1 atom stereocenters. The maximum Gasteiger partial charge on any atom is 0.239 e. The molecule has 2 N–H and O–H groups in total. The van der Waals surface area contributed by atoms with Crippen LogP contribution in [-0.4, -0.2) is 60.1 Å². The summed E-state index contributed by atoms with van der Waals surface area (Å²) < 4.78 is 10.4. The van der Waals surface area contributed by atoms with E-state index in [1.54, 1.807) is 13.0 Å². The molecule has 3 amide bonds. The summed E-state index contributed by atoms with van der Waals surface area (Å²) >= 11 is 0. The first-order chi connectivity index (χ1) is 13.8. The van der Waals surface area contributed by atoms with Gasteiger partial charge in [-0.05, 0) is 32.1 Å². The molecule has 9 nitrogen and oxygen atoms in total. The first-order valence-corrected chi connectivity index (χ1v) is 10.2. The fourth-order valence-electron chi connectivity index (χ4n) is 2.98. The van der Waals surface area contributed by atoms with Crippen LogP contribution in [0.2, 0.25) is 0 Å². The highest BCUT2D eigenvalue weighted by molar-refractivity contribution is 5.93. The summed E-state index contributed by atoms with van der Waals surface area (Å²) in [7, 11) is 0. The van der Waals surface area contributed by atoms with E-state index in [1.807, 2.05) is 0 Å². The van der Waals surface area contributed by atoms with E-state index in [-0.39, 0.29) is 43.2 Å². The molecule has 0 spiro atoms. The highest BCUT2D eigenvalue weighted by Gasteiger charge is 2.21. The predicted octanol–water partition coefficient (Wildman–Crippen LogP) is 1.87. The Bertz CT molecular complexity index is 682. The Morgan fingerprint density at radius 1 is 1.28 bits per heavy atom. The second kappa shape index (κ2) is 11.5. The number of ether oxygens (including phenoxy) is 1. The monoisotopic (exact) mass is 408 g/mol. The summed E-state index contributed by atoms with van der Waals surface area (Å²) in [5.74, 6) is 0.567. The third-order valence-electron chi connectivity index (χ3n) is 4.68. The number of carbonyl (C=O) groups is 3. The van der Waals surface area contributed by atoms with Gasteiger partial charge in [0.2, 0.25) is 17.7 Å². The van der Waals surface area contributed by atoms with Crippen molar-refractivity contribution < 1.29 is 23.6 Å². The lowest BCUT2D eigenvalue weighted by molar-refractivity contribution is -0.137. The summed E-state index contributed by atoms with van der Waals surface area (Å²) in [5, 5.41) is 9.13. The quantitative estimate of drug-likeness (QED) is 0.578. The Labute approximate surface area is 171 Å². The molecule has 0 unspecified atom stereocenters. The van der Waals surface area contributed by atoms with E-state index in [1.165, 1.54) is 4.90 Å². The third kappa shape index (κ3) is 8.64. The van der Waals surface area contributed by atoms with Gasteiger partial charge in [-0.15, -0.1) is 0 Å². The molecular formula is C20H32N4O5. The van der Waals surface area contributed by atoms with Crippen LogP contribution in [0.5, 0.6) is 0 Å². The maximum atomic E-state index is 12.6. The minimum Gasteiger partial charge on any atom is -0.376 e. The topological polar surface area (TPSA) is 114 Å². The third-order valence-corrected chi connectivity index (χ3v) is 4.68. The molecule has 0 bridgehead atoms. The Morgan fingerprint density at radius 3 is 2.69 bits per heavy atom. The Kier molecular flexibility index (Phi) is 9.11. The van der Waals surface area contributed by atoms with Crippen LogP contribution in [0.25, 0.3) is 0 Å². The number of hydrogen-bond acceptors (Lipinski definition) is 6. The molecule has 29 heavy (non-hydrogen) atoms. The highest BCUT2D eigenvalue weighted by atomic mass is 16.5. The van der Waals surface area contributed by atoms with Crippen molar-refractivity contribution in [1.82, 2.24) is 15.4 Å². The van der Waals surface area contributed by atoms with Crippen LogP contribution in [0.15, 0.2) is 10.6 Å². The zero-order valence-corrected chi connectivity index (χ0v) is 17.5. The maximum absolute atomic E-state index is 12.6. The smallest absolute Gasteiger partial charge is 0.239 e. The van der Waals surface area contributed by atoms with Crippen molar-refractivity contribution in [3.8, 4) is 0 Å². The molecule has 1 aromatic heterocycles. The Morgan fingerprint density at radius 2 is 2.07 bits per heavy atom. The molecule has 162 valence electrons. The van der Waals surface area contributed by atoms with E-state index in [9.17, 15) is 14.4 Å². The van der Waals surface area contributed by atoms with Crippen LogP contribution in [-0.2, 0) is 19.1 Å². The number of nitrogens with zero attached hydrogens (tertiary/aromatic N) is 2. The first kappa shape index (κ1) is 22.9. The van der Waals surface area contributed by atoms with Crippen LogP contribution in [0.1, 0.15) is 51.7 Å². The molecule has 1 fully saturated rings. The van der Waals surface area contributed by atoms with E-state index in [4.69, 9.17) is 9.26 Å². The summed E-state index contributed by atoms with van der Waals surface area (Å²) in [5.41, 5.74) is 0. The van der Waals surface area contributed by atoms with Crippen molar-refractivity contribution in [2.75, 3.05) is 31.6 Å². The number of anilines is 1. The molecule has 0 radical (unpaired) electrons. The molecule has 1 aliphatic heterocycles. The normalized spacial score (nSPS) is 16.1. The van der Waals surface area contributed by atoms with Gasteiger partial charge in [-0.1, -0.05) is 19.0 Å². The molecule has 2 heterocycles. The second-order valence-corrected chi connectivity index (χ2v) is 7.81. The van der Waals surface area contributed by atoms with Crippen LogP contribution in [0.4, 0.5) is 5.82 Å². The van der Waals surface area contributed by atoms with Crippen molar-refractivity contribution >= 4 is 23.5 Å². The molecule has 1 aliphatic rings. The molecule has 1 saturated heterocycles. The standard InChI is InChI=1S/C20H32N4O5/c1-14(2)8-9-24(13-19(26)21-12-16-5-4-10-28-16)20(27)7-6-18(25)22-17-11-15(3)29-23-17/h11,14,16H,4-10,12-13H2,1-3H3,(H,21,26)(H,22,23,25)/t16-/m1/s1. The SMILES string of the molecule is Cc1cc(NC(=O)CCC(=O)N(CCC(C)C)CC(=O)NC[C@H]2CCCO2)no1. The summed E-state index contributed by atoms with van der Waals surface area (Å²) in [6, 6.07) is 1.60. The summed E-state index contributed by atoms with van der Waals surface area (Å²) in [6.45, 7) is 7.51. The van der Waals surface area contributed by atoms with Gasteiger partial charge in [0.05, 0.1) is 12.6 Å². The van der Waals surface area contributed by atoms with Gasteiger partial charge in [0.1, 0.15) is 5.76 Å². The highest BCUT2D eigenvalue weighted by Crippen LogP contribution is 2.11. The second-order valence-electron chi connectivity index (χ2n) is 7.81. The van der Waals surface area contributed by atoms with Gasteiger partial charge >= 0.3 is 0 Å². The number of aryl methyl sites for hydroxylation is 1. The van der Waals surface area contributed by atoms with Gasteiger partial charge < -0.3 is 24.8 Å². The number of amides is 3. The number of nitrogens with one attached hydrogen (secondary N) is 2. The van der Waals surface area contributed by atoms with E-state index in [0.29, 0.717) is 30.6 Å². The molecule has 0 aliphatic carbocycles. The Hall–Kier alpha value is -2.42. The predicted molar refractivity (Wildman–Crippen MR) is 107 cm³/mol. The van der Waals surface area contributed by atoms with Crippen LogP contribution in [0, 0.1) is 12.8 Å². The average molecular weight is 408 g/mol. The lowest BCUT2D eigenvalue weighted by atomic mass is 10.1. The average Bonchev–Trinajstić information content (AvgIpc) is 3.33. The lowest BCUT2D eigenvalue weighted by Crippen LogP contribution is -2.43. The zero-order chi connectivity index (χ0) is 21.2. The van der Waals surface area contributed by atoms with Gasteiger partial charge in [0.15, 0.2) is 5.82 Å². The number of rotatable bonds is 11. The van der Waals surface area contributed by atoms with Gasteiger partial charge in [-0.3, -0.25) is 14.4 Å². The van der Waals surface area contributed by atoms with Crippen molar-refractivity contribution in [1.29, 1.82) is 0 Å². The summed E-state index contributed by atoms with van der Waals surface area (Å²) in [4.78, 5) is 38.5. The van der Waals surface area contributed by atoms with Crippen LogP contribution < -0.4 is 10.6 Å². The van der Waals surface area contributed by atoms with Gasteiger partial charge in [-0.2, -0.15) is 0 Å². The fourth-order valence-corrected chi connectivity index (χ4v) is 2.98. The fraction of sp³-hybridized carbons (Fsp3) is 0.700. The minimum atomic E-state index is -0.321. The number of aromatic nitrogens is 1. The molecule has 2 rings (SSSR count). The van der Waals surface area contributed by atoms with Gasteiger partial charge in [0.25, 0.3) is 0 Å². The molecule has 0 saturated carbocycles. The van der Waals surface area contributed by atoms with Crippen molar-refractivity contribution in [2.24, 2.45) is 5.92 Å². The van der Waals surface area contributed by atoms with E-state index < -0.39 is 0 Å². The van der Waals surface area contributed by atoms with E-state index in [2.05, 4.69) is 29.6 Å². The van der Waals surface area contributed by atoms with Crippen LogP contribution >= 0.6 is 0 Å². The lowest BCUT2D eigenvalue weighted by Gasteiger charge is -2.23. The first-order valence-electron chi connectivity index (χ1n) is 10.2. The van der Waals surface area contributed by atoms with Gasteiger partial charge in [0, 0.05) is 38.6 Å². The molecule has 9 heteroatoms. The van der Waals surface area contributed by atoms with E-state index >= 15 is 0 Å². The largest absolute Gasteiger partial charge is 0.376 e. The molecule has 1 aromatic rings. The molecular weight excluding hydrogens is 376 g/mol. The zero-order valence-electron chi connectivity index (χ0n) is 17.5. The van der Waals surface area contributed by atoms with Gasteiger partial charge in [-0.25, -0.2) is 0 Å². The summed E-state index contributed by atoms with van der Waals surface area (Å²) in [6.07, 6.45) is 2.84. The van der Waals surface area contributed by atoms with Crippen molar-refractivity contribution in [3.63, 3.8) is 0 Å². The molecule has 0 aromatic carbocycles. The van der Waals surface area contributed by atoms with Crippen molar-refractivity contribution in [2.45, 2.75) is 59.0 Å².